The fourth-order valence-electron chi connectivity index (χ4n) is 4.33. The van der Waals surface area contributed by atoms with E-state index in [4.69, 9.17) is 11.6 Å². The monoisotopic (exact) mass is 488 g/mol. The summed E-state index contributed by atoms with van der Waals surface area (Å²) < 4.78 is 32.1. The van der Waals surface area contributed by atoms with Gasteiger partial charge in [-0.15, -0.1) is 11.3 Å². The van der Waals surface area contributed by atoms with Gasteiger partial charge in [-0.2, -0.15) is 8.42 Å². The minimum atomic E-state index is -3.80. The number of likely N-dealkylation sites (tertiary alicyclic amines) is 1. The topological polar surface area (TPSA) is 77.2 Å². The van der Waals surface area contributed by atoms with Crippen LogP contribution in [0, 0.1) is 6.92 Å². The van der Waals surface area contributed by atoms with Crippen molar-refractivity contribution in [2.24, 2.45) is 0 Å². The Labute approximate surface area is 196 Å². The fraction of sp³-hybridized carbons (Fsp3) is 0.304. The molecule has 1 fully saturated rings. The highest BCUT2D eigenvalue weighted by molar-refractivity contribution is 7.94. The van der Waals surface area contributed by atoms with Crippen LogP contribution in [0.4, 0.5) is 10.7 Å². The number of hydrogen-bond acceptors (Lipinski definition) is 4. The molecule has 0 radical (unpaired) electrons. The Morgan fingerprint density at radius 3 is 2.72 bits per heavy atom. The Kier molecular flexibility index (Phi) is 5.79. The summed E-state index contributed by atoms with van der Waals surface area (Å²) in [6.45, 7) is 5.26. The standard InChI is InChI=1S/C23H25ClN4O2S2/c1-15-19-12-17(24)4-7-22(19)31-23(15)27-32(29,30)26-18-5-6-21-20(13-18)16(14-25-21)8-11-28-9-2-3-10-28/h4-7,12-14,25-27H,2-3,8-11H2,1H3. The number of nitrogens with zero attached hydrogens (tertiary/aromatic N) is 1. The molecule has 0 spiro atoms. The molecule has 2 aromatic heterocycles. The van der Waals surface area contributed by atoms with E-state index in [1.807, 2.05) is 43.5 Å². The van der Waals surface area contributed by atoms with E-state index < -0.39 is 10.2 Å². The van der Waals surface area contributed by atoms with Crippen molar-refractivity contribution in [3.63, 3.8) is 0 Å². The van der Waals surface area contributed by atoms with Crippen molar-refractivity contribution in [3.05, 3.63) is 58.7 Å². The summed E-state index contributed by atoms with van der Waals surface area (Å²) in [5.41, 5.74) is 3.62. The molecule has 5 rings (SSSR count). The van der Waals surface area contributed by atoms with E-state index in [0.29, 0.717) is 15.7 Å². The van der Waals surface area contributed by atoms with Gasteiger partial charge in [0, 0.05) is 33.4 Å². The van der Waals surface area contributed by atoms with E-state index in [2.05, 4.69) is 19.3 Å². The van der Waals surface area contributed by atoms with Crippen LogP contribution >= 0.6 is 22.9 Å². The van der Waals surface area contributed by atoms with Crippen molar-refractivity contribution in [1.82, 2.24) is 9.88 Å². The third-order valence-electron chi connectivity index (χ3n) is 6.04. The number of benzene rings is 2. The summed E-state index contributed by atoms with van der Waals surface area (Å²) in [6.07, 6.45) is 5.53. The van der Waals surface area contributed by atoms with Gasteiger partial charge in [-0.3, -0.25) is 9.44 Å². The number of halogens is 1. The number of anilines is 2. The second kappa shape index (κ2) is 8.59. The normalized spacial score (nSPS) is 15.1. The molecule has 3 heterocycles. The molecule has 0 unspecified atom stereocenters. The number of hydrogen-bond donors (Lipinski definition) is 3. The van der Waals surface area contributed by atoms with Crippen LogP contribution in [-0.4, -0.2) is 37.9 Å². The zero-order valence-electron chi connectivity index (χ0n) is 17.7. The zero-order chi connectivity index (χ0) is 22.3. The minimum absolute atomic E-state index is 0.536. The van der Waals surface area contributed by atoms with Crippen LogP contribution in [0.3, 0.4) is 0 Å². The largest absolute Gasteiger partial charge is 0.361 e. The van der Waals surface area contributed by atoms with Crippen LogP contribution in [0.25, 0.3) is 21.0 Å². The Morgan fingerprint density at radius 2 is 1.91 bits per heavy atom. The van der Waals surface area contributed by atoms with Gasteiger partial charge in [-0.05, 0) is 92.2 Å². The molecule has 0 atom stereocenters. The molecule has 0 amide bonds. The zero-order valence-corrected chi connectivity index (χ0v) is 20.1. The number of rotatable bonds is 7. The molecule has 1 aliphatic heterocycles. The summed E-state index contributed by atoms with van der Waals surface area (Å²) in [6, 6.07) is 11.2. The lowest BCUT2D eigenvalue weighted by Gasteiger charge is -2.14. The number of fused-ring (bicyclic) bond motifs is 2. The first-order valence-electron chi connectivity index (χ1n) is 10.7. The molecule has 2 aromatic carbocycles. The van der Waals surface area contributed by atoms with Gasteiger partial charge in [0.1, 0.15) is 5.00 Å². The Bertz CT molecular complexity index is 1390. The third kappa shape index (κ3) is 4.45. The predicted molar refractivity (Wildman–Crippen MR) is 135 cm³/mol. The maximum Gasteiger partial charge on any atom is 0.322 e. The van der Waals surface area contributed by atoms with E-state index in [-0.39, 0.29) is 0 Å². The first kappa shape index (κ1) is 21.6. The molecule has 1 saturated heterocycles. The second-order valence-corrected chi connectivity index (χ2v) is 11.2. The van der Waals surface area contributed by atoms with Crippen LogP contribution in [0.2, 0.25) is 5.02 Å². The summed E-state index contributed by atoms with van der Waals surface area (Å²) in [5.74, 6) is 0. The molecule has 3 N–H and O–H groups in total. The van der Waals surface area contributed by atoms with Crippen molar-refractivity contribution >= 4 is 64.8 Å². The minimum Gasteiger partial charge on any atom is -0.361 e. The summed E-state index contributed by atoms with van der Waals surface area (Å²) in [4.78, 5) is 5.78. The predicted octanol–water partition coefficient (Wildman–Crippen LogP) is 5.75. The van der Waals surface area contributed by atoms with Gasteiger partial charge < -0.3 is 9.88 Å². The average Bonchev–Trinajstić information content (AvgIpc) is 3.47. The summed E-state index contributed by atoms with van der Waals surface area (Å²) in [5, 5.41) is 3.23. The summed E-state index contributed by atoms with van der Waals surface area (Å²) >= 11 is 7.50. The number of H-pyrrole nitrogens is 1. The van der Waals surface area contributed by atoms with Gasteiger partial charge in [0.25, 0.3) is 0 Å². The maximum absolute atomic E-state index is 12.9. The van der Waals surface area contributed by atoms with Crippen molar-refractivity contribution in [2.45, 2.75) is 26.2 Å². The van der Waals surface area contributed by atoms with E-state index in [9.17, 15) is 8.42 Å². The lowest BCUT2D eigenvalue weighted by atomic mass is 10.1. The molecule has 1 aliphatic rings. The molecular weight excluding hydrogens is 464 g/mol. The Balaban J connectivity index is 1.35. The van der Waals surface area contributed by atoms with E-state index >= 15 is 0 Å². The van der Waals surface area contributed by atoms with Crippen LogP contribution in [-0.2, 0) is 16.6 Å². The lowest BCUT2D eigenvalue weighted by molar-refractivity contribution is 0.344. The lowest BCUT2D eigenvalue weighted by Crippen LogP contribution is -2.22. The van der Waals surface area contributed by atoms with Gasteiger partial charge >= 0.3 is 10.2 Å². The molecule has 168 valence electrons. The quantitative estimate of drug-likeness (QED) is 0.310. The maximum atomic E-state index is 12.9. The van der Waals surface area contributed by atoms with Crippen LogP contribution < -0.4 is 9.44 Å². The van der Waals surface area contributed by atoms with E-state index in [1.54, 1.807) is 6.07 Å². The highest BCUT2D eigenvalue weighted by Crippen LogP contribution is 2.37. The Morgan fingerprint density at radius 1 is 1.09 bits per heavy atom. The fourth-order valence-corrected chi connectivity index (χ4v) is 6.82. The van der Waals surface area contributed by atoms with Crippen molar-refractivity contribution in [1.29, 1.82) is 0 Å². The number of thiophene rings is 1. The molecule has 9 heteroatoms. The molecule has 6 nitrogen and oxygen atoms in total. The highest BCUT2D eigenvalue weighted by atomic mass is 35.5. The van der Waals surface area contributed by atoms with Crippen molar-refractivity contribution in [2.75, 3.05) is 29.1 Å². The third-order valence-corrected chi connectivity index (χ3v) is 8.57. The molecule has 4 aromatic rings. The molecule has 0 saturated carbocycles. The SMILES string of the molecule is Cc1c(NS(=O)(=O)Nc2ccc3[nH]cc(CCN4CCCC4)c3c2)sc2ccc(Cl)cc12. The highest BCUT2D eigenvalue weighted by Gasteiger charge is 2.17. The number of nitrogens with one attached hydrogen (secondary N) is 3. The smallest absolute Gasteiger partial charge is 0.322 e. The molecular formula is C23H25ClN4O2S2. The van der Waals surface area contributed by atoms with Gasteiger partial charge in [0.05, 0.1) is 5.69 Å². The van der Waals surface area contributed by atoms with E-state index in [1.165, 1.54) is 42.8 Å². The molecule has 32 heavy (non-hydrogen) atoms. The van der Waals surface area contributed by atoms with Crippen LogP contribution in [0.1, 0.15) is 24.0 Å². The van der Waals surface area contributed by atoms with Crippen molar-refractivity contribution < 1.29 is 8.42 Å². The summed E-state index contributed by atoms with van der Waals surface area (Å²) in [7, 11) is -3.80. The average molecular weight is 489 g/mol. The van der Waals surface area contributed by atoms with Gasteiger partial charge in [0.2, 0.25) is 0 Å². The number of aromatic amines is 1. The molecule has 0 aliphatic carbocycles. The first-order chi connectivity index (χ1) is 15.4. The van der Waals surface area contributed by atoms with Crippen LogP contribution in [0.15, 0.2) is 42.6 Å². The Hall–Kier alpha value is -2.26. The van der Waals surface area contributed by atoms with Gasteiger partial charge in [0.15, 0.2) is 0 Å². The second-order valence-electron chi connectivity index (χ2n) is 8.28. The van der Waals surface area contributed by atoms with Crippen molar-refractivity contribution in [3.8, 4) is 0 Å². The van der Waals surface area contributed by atoms with Gasteiger partial charge in [-0.1, -0.05) is 11.6 Å². The molecule has 0 bridgehead atoms. The number of aromatic nitrogens is 1. The van der Waals surface area contributed by atoms with E-state index in [0.717, 1.165) is 39.5 Å². The van der Waals surface area contributed by atoms with Gasteiger partial charge in [-0.25, -0.2) is 0 Å². The van der Waals surface area contributed by atoms with Crippen LogP contribution in [0.5, 0.6) is 0 Å². The first-order valence-corrected chi connectivity index (χ1v) is 13.4. The number of aryl methyl sites for hydroxylation is 1.